The first-order valence-corrected chi connectivity index (χ1v) is 10.0. The molecule has 0 spiro atoms. The predicted molar refractivity (Wildman–Crippen MR) is 112 cm³/mol. The number of hydrogen-bond donors (Lipinski definition) is 2. The Hall–Kier alpha value is -2.67. The van der Waals surface area contributed by atoms with Gasteiger partial charge in [-0.1, -0.05) is 36.2 Å². The highest BCUT2D eigenvalue weighted by molar-refractivity contribution is 9.10. The number of fused-ring (bicyclic) bond motifs is 1. The molecule has 1 aromatic heterocycles. The summed E-state index contributed by atoms with van der Waals surface area (Å²) in [6.45, 7) is 5.36. The first-order valence-electron chi connectivity index (χ1n) is 9.23. The quantitative estimate of drug-likeness (QED) is 0.528. The average molecular weight is 462 g/mol. The van der Waals surface area contributed by atoms with Crippen molar-refractivity contribution < 1.29 is 24.2 Å². The molecule has 2 N–H and O–H groups in total. The number of aromatic nitrogens is 1. The van der Waals surface area contributed by atoms with Crippen LogP contribution in [0.5, 0.6) is 5.75 Å². The van der Waals surface area contributed by atoms with Crippen LogP contribution in [0.15, 0.2) is 40.9 Å². The van der Waals surface area contributed by atoms with Gasteiger partial charge < -0.3 is 10.2 Å². The highest BCUT2D eigenvalue weighted by Gasteiger charge is 2.33. The van der Waals surface area contributed by atoms with E-state index in [0.717, 1.165) is 10.5 Å². The van der Waals surface area contributed by atoms with E-state index in [2.05, 4.69) is 15.9 Å². The topological polar surface area (TPSA) is 79.5 Å². The largest absolute Gasteiger partial charge is 0.505 e. The van der Waals surface area contributed by atoms with Crippen molar-refractivity contribution in [3.05, 3.63) is 63.5 Å². The first-order chi connectivity index (χ1) is 13.7. The Morgan fingerprint density at radius 2 is 1.83 bits per heavy atom. The molecule has 1 heterocycles. The van der Waals surface area contributed by atoms with E-state index in [0.29, 0.717) is 28.6 Å². The lowest BCUT2D eigenvalue weighted by Crippen LogP contribution is -2.21. The summed E-state index contributed by atoms with van der Waals surface area (Å²) in [5.74, 6) is -4.00. The van der Waals surface area contributed by atoms with Gasteiger partial charge in [0.2, 0.25) is 0 Å². The molecule has 5 nitrogen and oxygen atoms in total. The molecule has 7 heteroatoms. The van der Waals surface area contributed by atoms with Crippen LogP contribution in [0.25, 0.3) is 10.9 Å². The normalized spacial score (nSPS) is 13.4. The summed E-state index contributed by atoms with van der Waals surface area (Å²) in [6.07, 6.45) is 0.608. The van der Waals surface area contributed by atoms with Crippen molar-refractivity contribution in [2.45, 2.75) is 33.1 Å². The SMILES string of the molecule is CCC(C)[C@@H](C(=O)O)c1c(C)n(C(=O)c2ccc(Br)cc2)c2cc(F)c(O)cc12. The number of halogens is 2. The average Bonchev–Trinajstić information content (AvgIpc) is 2.93. The maximum absolute atomic E-state index is 14.2. The summed E-state index contributed by atoms with van der Waals surface area (Å²) >= 11 is 3.32. The number of carboxylic acid groups (broad SMARTS) is 1. The lowest BCUT2D eigenvalue weighted by molar-refractivity contribution is -0.140. The van der Waals surface area contributed by atoms with Gasteiger partial charge in [-0.2, -0.15) is 0 Å². The highest BCUT2D eigenvalue weighted by atomic mass is 79.9. The lowest BCUT2D eigenvalue weighted by atomic mass is 9.84. The number of phenols is 1. The van der Waals surface area contributed by atoms with E-state index in [1.165, 1.54) is 10.6 Å². The van der Waals surface area contributed by atoms with Crippen LogP contribution < -0.4 is 0 Å². The smallest absolute Gasteiger partial charge is 0.311 e. The summed E-state index contributed by atoms with van der Waals surface area (Å²) in [6, 6.07) is 9.00. The molecular weight excluding hydrogens is 441 g/mol. The highest BCUT2D eigenvalue weighted by Crippen LogP contribution is 2.39. The molecule has 152 valence electrons. The minimum atomic E-state index is -1.03. The maximum atomic E-state index is 14.2. The molecule has 0 saturated carbocycles. The van der Waals surface area contributed by atoms with Gasteiger partial charge in [0, 0.05) is 27.2 Å². The minimum absolute atomic E-state index is 0.222. The summed E-state index contributed by atoms with van der Waals surface area (Å²) in [7, 11) is 0. The zero-order chi connectivity index (χ0) is 21.5. The molecule has 0 amide bonds. The van der Waals surface area contributed by atoms with E-state index in [9.17, 15) is 24.2 Å². The zero-order valence-electron chi connectivity index (χ0n) is 16.2. The molecule has 2 aromatic carbocycles. The minimum Gasteiger partial charge on any atom is -0.505 e. The maximum Gasteiger partial charge on any atom is 0.311 e. The van der Waals surface area contributed by atoms with Gasteiger partial charge in [-0.15, -0.1) is 0 Å². The van der Waals surface area contributed by atoms with Crippen molar-refractivity contribution in [1.82, 2.24) is 4.57 Å². The molecule has 2 atom stereocenters. The van der Waals surface area contributed by atoms with Gasteiger partial charge in [0.15, 0.2) is 11.6 Å². The number of benzene rings is 2. The molecule has 0 radical (unpaired) electrons. The van der Waals surface area contributed by atoms with E-state index >= 15 is 0 Å². The molecule has 0 bridgehead atoms. The molecular formula is C22H21BrFNO4. The van der Waals surface area contributed by atoms with E-state index in [-0.39, 0.29) is 11.4 Å². The fourth-order valence-electron chi connectivity index (χ4n) is 3.71. The van der Waals surface area contributed by atoms with Crippen LogP contribution in [0.3, 0.4) is 0 Å². The predicted octanol–water partition coefficient (Wildman–Crippen LogP) is 5.46. The molecule has 0 fully saturated rings. The van der Waals surface area contributed by atoms with Crippen molar-refractivity contribution in [3.63, 3.8) is 0 Å². The zero-order valence-corrected chi connectivity index (χ0v) is 17.8. The van der Waals surface area contributed by atoms with E-state index in [1.807, 2.05) is 13.8 Å². The standard InChI is InChI=1S/C22H21BrFNO4/c1-4-11(2)19(22(28)29)20-12(3)25(17-10-16(24)18(26)9-15(17)20)21(27)13-5-7-14(23)8-6-13/h5-11,19,26H,4H2,1-3H3,(H,28,29)/t11?,19-/m1/s1. The van der Waals surface area contributed by atoms with E-state index < -0.39 is 29.4 Å². The van der Waals surface area contributed by atoms with Crippen molar-refractivity contribution >= 4 is 38.7 Å². The van der Waals surface area contributed by atoms with Crippen LogP contribution in [0, 0.1) is 18.7 Å². The summed E-state index contributed by atoms with van der Waals surface area (Å²) in [5, 5.41) is 20.2. The Morgan fingerprint density at radius 3 is 2.38 bits per heavy atom. The molecule has 0 saturated heterocycles. The fourth-order valence-corrected chi connectivity index (χ4v) is 3.98. The molecule has 0 aliphatic rings. The summed E-state index contributed by atoms with van der Waals surface area (Å²) in [5.41, 5.74) is 1.45. The van der Waals surface area contributed by atoms with Crippen LogP contribution in [-0.4, -0.2) is 26.7 Å². The summed E-state index contributed by atoms with van der Waals surface area (Å²) in [4.78, 5) is 25.3. The number of aromatic hydroxyl groups is 1. The Kier molecular flexibility index (Phi) is 5.80. The molecule has 0 aliphatic heterocycles. The van der Waals surface area contributed by atoms with Gasteiger partial charge in [-0.3, -0.25) is 14.2 Å². The van der Waals surface area contributed by atoms with E-state index in [4.69, 9.17) is 0 Å². The summed E-state index contributed by atoms with van der Waals surface area (Å²) < 4.78 is 16.3. The fraction of sp³-hybridized carbons (Fsp3) is 0.273. The second-order valence-electron chi connectivity index (χ2n) is 7.17. The van der Waals surface area contributed by atoms with Crippen LogP contribution in [0.1, 0.15) is 47.8 Å². The van der Waals surface area contributed by atoms with Crippen LogP contribution in [0.4, 0.5) is 4.39 Å². The van der Waals surface area contributed by atoms with E-state index in [1.54, 1.807) is 31.2 Å². The Morgan fingerprint density at radius 1 is 1.21 bits per heavy atom. The third kappa shape index (κ3) is 3.67. The second kappa shape index (κ2) is 7.99. The number of rotatable bonds is 5. The number of carbonyl (C=O) groups excluding carboxylic acids is 1. The van der Waals surface area contributed by atoms with Crippen LogP contribution in [0.2, 0.25) is 0 Å². The Labute approximate surface area is 175 Å². The first kappa shape index (κ1) is 21.0. The number of phenolic OH excluding ortho intramolecular Hbond substituents is 1. The van der Waals surface area contributed by atoms with Crippen molar-refractivity contribution in [3.8, 4) is 5.75 Å². The molecule has 29 heavy (non-hydrogen) atoms. The van der Waals surface area contributed by atoms with Crippen LogP contribution >= 0.6 is 15.9 Å². The monoisotopic (exact) mass is 461 g/mol. The Bertz CT molecular complexity index is 1100. The van der Waals surface area contributed by atoms with Gasteiger partial charge in [0.1, 0.15) is 0 Å². The Balaban J connectivity index is 2.35. The van der Waals surface area contributed by atoms with Gasteiger partial charge in [-0.25, -0.2) is 4.39 Å². The van der Waals surface area contributed by atoms with Crippen molar-refractivity contribution in [2.24, 2.45) is 5.92 Å². The van der Waals surface area contributed by atoms with Gasteiger partial charge >= 0.3 is 5.97 Å². The number of hydrogen-bond acceptors (Lipinski definition) is 3. The second-order valence-corrected chi connectivity index (χ2v) is 8.08. The molecule has 3 aromatic rings. The number of nitrogens with zero attached hydrogens (tertiary/aromatic N) is 1. The third-order valence-corrected chi connectivity index (χ3v) is 5.93. The van der Waals surface area contributed by atoms with Gasteiger partial charge in [0.05, 0.1) is 11.4 Å². The van der Waals surface area contributed by atoms with Crippen LogP contribution in [-0.2, 0) is 4.79 Å². The lowest BCUT2D eigenvalue weighted by Gasteiger charge is -2.20. The number of carbonyl (C=O) groups is 2. The molecule has 3 rings (SSSR count). The van der Waals surface area contributed by atoms with Crippen molar-refractivity contribution in [1.29, 1.82) is 0 Å². The van der Waals surface area contributed by atoms with Gasteiger partial charge in [0.25, 0.3) is 5.91 Å². The number of aliphatic carboxylic acids is 1. The van der Waals surface area contributed by atoms with Gasteiger partial charge in [-0.05, 0) is 48.7 Å². The molecule has 0 aliphatic carbocycles. The third-order valence-electron chi connectivity index (χ3n) is 5.41. The number of carboxylic acids is 1. The van der Waals surface area contributed by atoms with Crippen molar-refractivity contribution in [2.75, 3.05) is 0 Å². The molecule has 1 unspecified atom stereocenters.